The van der Waals surface area contributed by atoms with Crippen LogP contribution in [0.1, 0.15) is 111 Å². The lowest BCUT2D eigenvalue weighted by atomic mass is 10.1. The van der Waals surface area contributed by atoms with Crippen LogP contribution in [0.25, 0.3) is 11.4 Å². The maximum atomic E-state index is 11.7. The van der Waals surface area contributed by atoms with Crippen LogP contribution in [-0.4, -0.2) is 107 Å². The van der Waals surface area contributed by atoms with Crippen LogP contribution in [0.2, 0.25) is 0 Å². The van der Waals surface area contributed by atoms with Crippen LogP contribution >= 0.6 is 0 Å². The predicted octanol–water partition coefficient (Wildman–Crippen LogP) is 10.1. The van der Waals surface area contributed by atoms with Crippen molar-refractivity contribution in [2.75, 3.05) is 47.0 Å². The summed E-state index contributed by atoms with van der Waals surface area (Å²) in [4.78, 5) is 95.8. The first-order chi connectivity index (χ1) is 36.6. The van der Waals surface area contributed by atoms with Crippen LogP contribution in [0.15, 0.2) is 86.1 Å². The number of nitrogen functional groups attached to an aromatic ring is 2. The Bertz CT molecular complexity index is 3390. The first-order valence-electron chi connectivity index (χ1n) is 22.2. The van der Waals surface area contributed by atoms with Gasteiger partial charge in [-0.05, 0) is 120 Å². The van der Waals surface area contributed by atoms with E-state index in [9.17, 15) is 59.6 Å². The van der Waals surface area contributed by atoms with E-state index in [4.69, 9.17) is 35.2 Å². The van der Waals surface area contributed by atoms with Gasteiger partial charge in [-0.1, -0.05) is 22.3 Å². The molecule has 0 aliphatic rings. The number of rotatable bonds is 15. The normalized spacial score (nSPS) is 9.63. The molecule has 3 aromatic heterocycles. The number of nitrogens with zero attached hydrogens (tertiary/aromatic N) is 10. The Kier molecular flexibility index (Phi) is 27.4. The Morgan fingerprint density at radius 3 is 1.26 bits per heavy atom. The van der Waals surface area contributed by atoms with Crippen molar-refractivity contribution in [1.82, 2.24) is 28.8 Å². The van der Waals surface area contributed by atoms with Gasteiger partial charge in [-0.15, -0.1) is 0 Å². The molecule has 0 atom stereocenters. The van der Waals surface area contributed by atoms with Gasteiger partial charge >= 0.3 is 11.6 Å². The number of non-ortho nitro benzene ring substituents is 1. The van der Waals surface area contributed by atoms with E-state index in [1.165, 1.54) is 78.2 Å². The van der Waals surface area contributed by atoms with E-state index in [0.717, 1.165) is 29.3 Å². The summed E-state index contributed by atoms with van der Waals surface area (Å²) in [5.74, 6) is 1.38. The molecule has 0 fully saturated rings. The van der Waals surface area contributed by atoms with Gasteiger partial charge in [0, 0.05) is 32.4 Å². The minimum atomic E-state index is -0.819. The molecular weight excluding hydrogens is 1060 g/mol. The fraction of sp³-hybridized carbons (Fsp3) is 0.288. The molecule has 7 rings (SSSR count). The van der Waals surface area contributed by atoms with Crippen molar-refractivity contribution >= 4 is 52.0 Å². The number of nitrogens with two attached hydrogens (primary N) is 2. The number of methoxy groups -OCH3 is 5. The lowest BCUT2D eigenvalue weighted by Crippen LogP contribution is -2.04. The second kappa shape index (κ2) is 31.6. The summed E-state index contributed by atoms with van der Waals surface area (Å²) in [6.45, 7) is 11.2. The summed E-state index contributed by atoms with van der Waals surface area (Å²) in [5.41, 5.74) is 17.1. The number of nitro groups is 4. The molecule has 0 bridgehead atoms. The molecule has 7 aromatic rings. The Morgan fingerprint density at radius 2 is 0.877 bits per heavy atom. The van der Waals surface area contributed by atoms with Gasteiger partial charge in [-0.2, -0.15) is 0 Å². The number of aryl methyl sites for hydroxylation is 3. The molecule has 3 heterocycles. The van der Waals surface area contributed by atoms with Gasteiger partial charge in [0.2, 0.25) is 6.33 Å². The first kappa shape index (κ1) is 70.4. The lowest BCUT2D eigenvalue weighted by molar-refractivity contribution is -0.542. The van der Waals surface area contributed by atoms with E-state index in [0.29, 0.717) is 72.9 Å². The van der Waals surface area contributed by atoms with Crippen molar-refractivity contribution in [1.29, 1.82) is 0 Å². The molecule has 29 heteroatoms. The fourth-order valence-electron chi connectivity index (χ4n) is 7.04. The molecule has 0 aliphatic carbocycles. The van der Waals surface area contributed by atoms with Gasteiger partial charge in [0.1, 0.15) is 35.6 Å². The second-order valence-electron chi connectivity index (χ2n) is 16.0. The largest absolute Gasteiger partial charge is 0.496 e. The number of Topliss-reactive ketones (excluding diaryl/α,β-unsaturated/α-hetero) is 4. The number of carbonyl (C=O) groups excluding carboxylic acids is 4. The predicted molar refractivity (Wildman–Crippen MR) is 305 cm³/mol. The summed E-state index contributed by atoms with van der Waals surface area (Å²) in [6, 6.07) is 12.9. The number of ether oxygens (including phenoxy) is 5. The van der Waals surface area contributed by atoms with E-state index in [-0.39, 0.29) is 65.3 Å². The number of ketones is 4. The third-order valence-electron chi connectivity index (χ3n) is 10.5. The zero-order valence-corrected chi connectivity index (χ0v) is 44.1. The smallest absolute Gasteiger partial charge is 0.388 e. The highest BCUT2D eigenvalue weighted by Crippen LogP contribution is 2.35. The molecule has 0 amide bonds. The third-order valence-corrected chi connectivity index (χ3v) is 10.5. The number of hydrogen-bond acceptors (Lipinski definition) is 22. The molecule has 4 N–H and O–H groups in total. The zero-order chi connectivity index (χ0) is 58.9. The topological polar surface area (TPSA) is 392 Å². The third kappa shape index (κ3) is 18.5. The molecule has 4 aromatic carbocycles. The molecule has 0 radical (unpaired) electrons. The molecule has 440 valence electrons. The van der Waals surface area contributed by atoms with E-state index in [2.05, 4.69) is 15.0 Å². The van der Waals surface area contributed by atoms with Crippen LogP contribution in [-0.2, 0) is 0 Å². The maximum absolute atomic E-state index is 11.7. The van der Waals surface area contributed by atoms with Crippen LogP contribution in [0.5, 0.6) is 28.7 Å². The van der Waals surface area contributed by atoms with E-state index >= 15 is 0 Å². The summed E-state index contributed by atoms with van der Waals surface area (Å²) in [6.07, 6.45) is 7.35. The molecule has 0 aliphatic heterocycles. The number of carbonyl (C=O) groups is 4. The van der Waals surface area contributed by atoms with Crippen LogP contribution in [0.4, 0.5) is 28.8 Å². The summed E-state index contributed by atoms with van der Waals surface area (Å²) in [7, 11) is 7.42. The summed E-state index contributed by atoms with van der Waals surface area (Å²) in [5, 5.41) is 40.3. The summed E-state index contributed by atoms with van der Waals surface area (Å²) >= 11 is 0. The Morgan fingerprint density at radius 1 is 0.481 bits per heavy atom. The van der Waals surface area contributed by atoms with Gasteiger partial charge in [-0.25, -0.2) is 15.1 Å². The van der Waals surface area contributed by atoms with Crippen molar-refractivity contribution in [2.24, 2.45) is 0 Å². The molecular formula is C52H70N12O17. The van der Waals surface area contributed by atoms with Gasteiger partial charge in [0.25, 0.3) is 12.0 Å². The Balaban J connectivity index is -0.000000965. The van der Waals surface area contributed by atoms with Gasteiger partial charge in [0.05, 0.1) is 74.6 Å². The van der Waals surface area contributed by atoms with E-state index in [1.807, 2.05) is 19.9 Å². The number of hydrogen-bond donors (Lipinski definition) is 2. The number of nitro benzene ring substituents is 1. The highest BCUT2D eigenvalue weighted by atomic mass is 16.7. The molecule has 0 spiro atoms. The van der Waals surface area contributed by atoms with Gasteiger partial charge in [-0.3, -0.25) is 33.9 Å². The van der Waals surface area contributed by atoms with Crippen LogP contribution < -0.4 is 35.2 Å². The molecule has 0 saturated heterocycles. The Hall–Kier alpha value is -10.6. The van der Waals surface area contributed by atoms with Gasteiger partial charge < -0.3 is 59.9 Å². The van der Waals surface area contributed by atoms with Crippen molar-refractivity contribution in [2.45, 2.75) is 70.7 Å². The van der Waals surface area contributed by atoms with Crippen molar-refractivity contribution in [3.63, 3.8) is 0 Å². The number of aromatic nitrogens is 6. The second-order valence-corrected chi connectivity index (χ2v) is 16.0. The van der Waals surface area contributed by atoms with Crippen molar-refractivity contribution in [3.8, 4) is 40.1 Å². The maximum Gasteiger partial charge on any atom is 0.388 e. The van der Waals surface area contributed by atoms with E-state index < -0.39 is 25.6 Å². The minimum Gasteiger partial charge on any atom is -0.496 e. The molecule has 0 unspecified atom stereocenters. The SMILES string of the molecule is C.C.C.COc1c(C)cc(-n2cnc(N)c2)cc1C(C)=O.COc1c(C)cc(N)cc1C(C)=O.COc1c(C)cc([N+](=O)[O-])cc1C(C)=O.COc1cc(-n2cnc([N+](=O)[O-])c2)cc(C(C)=O)c1OC.O=[N+]([O-])c1cn([N+](=O)[O-])cn1.[HH].[HH]. The Labute approximate surface area is 468 Å². The quantitative estimate of drug-likeness (QED) is 0.0417. The molecule has 81 heavy (non-hydrogen) atoms. The highest BCUT2D eigenvalue weighted by Gasteiger charge is 2.21. The number of anilines is 2. The monoisotopic (exact) mass is 1130 g/mol. The number of imidazole rings is 3. The minimum absolute atomic E-state index is 0. The standard InChI is InChI=1S/C13H13N3O5.C13H15N3O2.C10H11NO4.C10H13NO2.C3H2N4O4.3CH4.2H2/c1-8(17)10-4-9(5-11(20-2)13(10)21-3)15-6-12(14-7-15)16(18)19;1-8-4-10(16-6-12(14)15-7-16)5-11(9(2)17)13(8)18-3;1-6-4-8(11(13)14)5-9(7(2)12)10(6)15-3;1-6-4-8(11)5-9(7(2)12)10(6)13-3;8-6(9)3-1-5(2-4-3)7(10)11;;;;;/h4-7H,1-3H3;4-7H,14H2,1-3H3;4-5H,1-3H3;4-5H,11H2,1-3H3;1-2H;3*1H4;2*1H. The average Bonchev–Trinajstić information content (AvgIpc) is 4.19. The number of benzene rings is 4. The highest BCUT2D eigenvalue weighted by molar-refractivity contribution is 6.00. The van der Waals surface area contributed by atoms with Crippen LogP contribution in [0, 0.1) is 61.2 Å². The average molecular weight is 1140 g/mol. The lowest BCUT2D eigenvalue weighted by Gasteiger charge is -2.13. The van der Waals surface area contributed by atoms with E-state index in [1.54, 1.807) is 68.6 Å². The molecule has 29 nitrogen and oxygen atoms in total. The van der Waals surface area contributed by atoms with Crippen molar-refractivity contribution < 1.29 is 65.5 Å². The summed E-state index contributed by atoms with van der Waals surface area (Å²) < 4.78 is 29.4. The fourth-order valence-corrected chi connectivity index (χ4v) is 7.04. The molecule has 0 saturated carbocycles. The first-order valence-corrected chi connectivity index (χ1v) is 22.2. The van der Waals surface area contributed by atoms with Crippen LogP contribution in [0.3, 0.4) is 0 Å². The zero-order valence-electron chi connectivity index (χ0n) is 44.1. The van der Waals surface area contributed by atoms with Gasteiger partial charge in [0.15, 0.2) is 45.9 Å². The van der Waals surface area contributed by atoms with Crippen molar-refractivity contribution in [3.05, 3.63) is 166 Å².